The fourth-order valence-electron chi connectivity index (χ4n) is 2.92. The lowest BCUT2D eigenvalue weighted by molar-refractivity contribution is 0.165. The third kappa shape index (κ3) is 5.81. The van der Waals surface area contributed by atoms with Crippen LogP contribution in [0.2, 0.25) is 0 Å². The first-order valence-corrected chi connectivity index (χ1v) is 8.46. The van der Waals surface area contributed by atoms with Crippen molar-refractivity contribution in [2.24, 2.45) is 5.92 Å². The predicted molar refractivity (Wildman–Crippen MR) is 94.3 cm³/mol. The summed E-state index contributed by atoms with van der Waals surface area (Å²) in [5, 5.41) is 13.9. The molecular formula is C19H29N3O. The second-order valence-electron chi connectivity index (χ2n) is 6.51. The van der Waals surface area contributed by atoms with Gasteiger partial charge in [-0.25, -0.2) is 0 Å². The summed E-state index contributed by atoms with van der Waals surface area (Å²) >= 11 is 0. The molecule has 0 amide bonds. The topological polar surface area (TPSA) is 41.3 Å². The van der Waals surface area contributed by atoms with Crippen molar-refractivity contribution in [3.05, 3.63) is 53.3 Å². The van der Waals surface area contributed by atoms with E-state index in [1.807, 2.05) is 13.0 Å². The molecule has 0 fully saturated rings. The minimum Gasteiger partial charge on any atom is -0.396 e. The molecule has 1 atom stereocenters. The normalized spacial score (nSPS) is 12.7. The van der Waals surface area contributed by atoms with E-state index in [4.69, 9.17) is 0 Å². The molecule has 0 spiro atoms. The number of aromatic nitrogens is 2. The van der Waals surface area contributed by atoms with Gasteiger partial charge in [0.25, 0.3) is 0 Å². The molecule has 4 nitrogen and oxygen atoms in total. The van der Waals surface area contributed by atoms with Crippen LogP contribution in [0.3, 0.4) is 0 Å². The summed E-state index contributed by atoms with van der Waals surface area (Å²) in [6, 6.07) is 12.7. The fourth-order valence-corrected chi connectivity index (χ4v) is 2.92. The zero-order valence-corrected chi connectivity index (χ0v) is 14.6. The summed E-state index contributed by atoms with van der Waals surface area (Å²) in [5.41, 5.74) is 3.63. The van der Waals surface area contributed by atoms with Gasteiger partial charge < -0.3 is 5.11 Å². The Morgan fingerprint density at radius 1 is 1.22 bits per heavy atom. The molecule has 23 heavy (non-hydrogen) atoms. The molecule has 0 bridgehead atoms. The molecule has 0 aliphatic carbocycles. The molecular weight excluding hydrogens is 286 g/mol. The molecule has 1 N–H and O–H groups in total. The standard InChI is InChI=1S/C19H29N3O/c1-16(15-23)13-21(14-19-8-5-4-6-9-19)10-7-11-22-18(3)12-17(2)20-22/h4-6,8-9,12,16,23H,7,10-11,13-15H2,1-3H3/t16-/m0/s1. The van der Waals surface area contributed by atoms with Gasteiger partial charge >= 0.3 is 0 Å². The van der Waals surface area contributed by atoms with Crippen LogP contribution < -0.4 is 0 Å². The monoisotopic (exact) mass is 315 g/mol. The Balaban J connectivity index is 1.90. The van der Waals surface area contributed by atoms with Crippen molar-refractivity contribution in [1.29, 1.82) is 0 Å². The number of aliphatic hydroxyl groups is 1. The summed E-state index contributed by atoms with van der Waals surface area (Å²) in [6.07, 6.45) is 1.06. The minimum atomic E-state index is 0.239. The van der Waals surface area contributed by atoms with Gasteiger partial charge in [0.2, 0.25) is 0 Å². The second kappa shape index (κ2) is 8.85. The number of rotatable bonds is 9. The molecule has 1 aromatic heterocycles. The van der Waals surface area contributed by atoms with E-state index >= 15 is 0 Å². The van der Waals surface area contributed by atoms with E-state index in [1.165, 1.54) is 11.3 Å². The molecule has 0 unspecified atom stereocenters. The fraction of sp³-hybridized carbons (Fsp3) is 0.526. The maximum Gasteiger partial charge on any atom is 0.0596 e. The lowest BCUT2D eigenvalue weighted by Crippen LogP contribution is -2.31. The third-order valence-electron chi connectivity index (χ3n) is 4.08. The summed E-state index contributed by atoms with van der Waals surface area (Å²) < 4.78 is 2.09. The Labute approximate surface area is 139 Å². The van der Waals surface area contributed by atoms with Crippen molar-refractivity contribution in [3.8, 4) is 0 Å². The number of benzene rings is 1. The number of aryl methyl sites for hydroxylation is 3. The molecule has 0 radical (unpaired) electrons. The predicted octanol–water partition coefficient (Wildman–Crippen LogP) is 3.02. The van der Waals surface area contributed by atoms with E-state index in [2.05, 4.69) is 58.9 Å². The van der Waals surface area contributed by atoms with Crippen molar-refractivity contribution in [3.63, 3.8) is 0 Å². The average molecular weight is 315 g/mol. The van der Waals surface area contributed by atoms with Crippen molar-refractivity contribution in [2.45, 2.75) is 40.3 Å². The first-order chi connectivity index (χ1) is 11.1. The molecule has 0 aliphatic heterocycles. The highest BCUT2D eigenvalue weighted by Crippen LogP contribution is 2.09. The first-order valence-electron chi connectivity index (χ1n) is 8.46. The van der Waals surface area contributed by atoms with Gasteiger partial charge in [-0.2, -0.15) is 5.10 Å². The Morgan fingerprint density at radius 3 is 2.57 bits per heavy atom. The Kier molecular flexibility index (Phi) is 6.81. The van der Waals surface area contributed by atoms with Gasteiger partial charge in [-0.05, 0) is 37.8 Å². The van der Waals surface area contributed by atoms with Crippen molar-refractivity contribution < 1.29 is 5.11 Å². The minimum absolute atomic E-state index is 0.239. The molecule has 0 aliphatic rings. The molecule has 2 rings (SSSR count). The van der Waals surface area contributed by atoms with Gasteiger partial charge in [0.15, 0.2) is 0 Å². The highest BCUT2D eigenvalue weighted by molar-refractivity contribution is 5.14. The molecule has 2 aromatic rings. The van der Waals surface area contributed by atoms with Gasteiger partial charge in [-0.3, -0.25) is 9.58 Å². The maximum atomic E-state index is 9.35. The highest BCUT2D eigenvalue weighted by Gasteiger charge is 2.11. The van der Waals surface area contributed by atoms with E-state index in [9.17, 15) is 5.11 Å². The molecule has 0 saturated heterocycles. The molecule has 1 aromatic carbocycles. The van der Waals surface area contributed by atoms with Crippen LogP contribution in [0, 0.1) is 19.8 Å². The number of aliphatic hydroxyl groups excluding tert-OH is 1. The Bertz CT molecular complexity index is 580. The summed E-state index contributed by atoms with van der Waals surface area (Å²) in [4.78, 5) is 2.43. The number of hydrogen-bond donors (Lipinski definition) is 1. The van der Waals surface area contributed by atoms with Crippen LogP contribution in [0.5, 0.6) is 0 Å². The zero-order valence-electron chi connectivity index (χ0n) is 14.6. The zero-order chi connectivity index (χ0) is 16.7. The molecule has 4 heteroatoms. The van der Waals surface area contributed by atoms with Crippen molar-refractivity contribution in [1.82, 2.24) is 14.7 Å². The van der Waals surface area contributed by atoms with Crippen molar-refractivity contribution >= 4 is 0 Å². The van der Waals surface area contributed by atoms with Crippen LogP contribution >= 0.6 is 0 Å². The number of nitrogens with zero attached hydrogens (tertiary/aromatic N) is 3. The summed E-state index contributed by atoms with van der Waals surface area (Å²) in [5.74, 6) is 0.299. The van der Waals surface area contributed by atoms with Gasteiger partial charge in [0, 0.05) is 38.5 Å². The van der Waals surface area contributed by atoms with E-state index in [0.29, 0.717) is 5.92 Å². The largest absolute Gasteiger partial charge is 0.396 e. The Morgan fingerprint density at radius 2 is 1.96 bits per heavy atom. The van der Waals surface area contributed by atoms with Crippen LogP contribution in [-0.2, 0) is 13.1 Å². The van der Waals surface area contributed by atoms with Gasteiger partial charge in [0.05, 0.1) is 5.69 Å². The van der Waals surface area contributed by atoms with Gasteiger partial charge in [0.1, 0.15) is 0 Å². The lowest BCUT2D eigenvalue weighted by atomic mass is 10.1. The Hall–Kier alpha value is -1.65. The van der Waals surface area contributed by atoms with E-state index < -0.39 is 0 Å². The van der Waals surface area contributed by atoms with Crippen molar-refractivity contribution in [2.75, 3.05) is 19.7 Å². The van der Waals surface area contributed by atoms with Gasteiger partial charge in [-0.1, -0.05) is 37.3 Å². The second-order valence-corrected chi connectivity index (χ2v) is 6.51. The van der Waals surface area contributed by atoms with E-state index in [-0.39, 0.29) is 6.61 Å². The van der Waals surface area contributed by atoms with Crippen LogP contribution in [0.25, 0.3) is 0 Å². The summed E-state index contributed by atoms with van der Waals surface area (Å²) in [6.45, 7) is 10.3. The van der Waals surface area contributed by atoms with E-state index in [1.54, 1.807) is 0 Å². The van der Waals surface area contributed by atoms with Crippen LogP contribution in [0.15, 0.2) is 36.4 Å². The molecule has 1 heterocycles. The lowest BCUT2D eigenvalue weighted by Gasteiger charge is -2.25. The molecule has 0 saturated carbocycles. The van der Waals surface area contributed by atoms with E-state index in [0.717, 1.165) is 38.3 Å². The first kappa shape index (κ1) is 17.7. The quantitative estimate of drug-likeness (QED) is 0.773. The highest BCUT2D eigenvalue weighted by atomic mass is 16.3. The average Bonchev–Trinajstić information content (AvgIpc) is 2.86. The summed E-state index contributed by atoms with van der Waals surface area (Å²) in [7, 11) is 0. The number of hydrogen-bond acceptors (Lipinski definition) is 3. The smallest absolute Gasteiger partial charge is 0.0596 e. The SMILES string of the molecule is Cc1cc(C)n(CCCN(Cc2ccccc2)C[C@H](C)CO)n1. The third-order valence-corrected chi connectivity index (χ3v) is 4.08. The van der Waals surface area contributed by atoms with Crippen LogP contribution in [0.1, 0.15) is 30.3 Å². The molecule has 126 valence electrons. The van der Waals surface area contributed by atoms with Crippen LogP contribution in [0.4, 0.5) is 0 Å². The van der Waals surface area contributed by atoms with Crippen LogP contribution in [-0.4, -0.2) is 39.5 Å². The van der Waals surface area contributed by atoms with Gasteiger partial charge in [-0.15, -0.1) is 0 Å². The maximum absolute atomic E-state index is 9.35.